The summed E-state index contributed by atoms with van der Waals surface area (Å²) < 4.78 is 25.6. The molecule has 2 heterocycles. The van der Waals surface area contributed by atoms with Crippen LogP contribution >= 0.6 is 11.6 Å². The largest absolute Gasteiger partial charge is 0.325 e. The Hall–Kier alpha value is -2.01. The molecule has 1 aromatic carbocycles. The van der Waals surface area contributed by atoms with Crippen LogP contribution in [-0.2, 0) is 11.2 Å². The molecule has 0 radical (unpaired) electrons. The van der Waals surface area contributed by atoms with Crippen LogP contribution in [0.4, 0.5) is 14.5 Å². The van der Waals surface area contributed by atoms with Gasteiger partial charge in [-0.25, -0.2) is 13.8 Å². The Kier molecular flexibility index (Phi) is 3.14. The summed E-state index contributed by atoms with van der Waals surface area (Å²) in [4.78, 5) is 15.6. The zero-order chi connectivity index (χ0) is 14.3. The van der Waals surface area contributed by atoms with Crippen molar-refractivity contribution < 1.29 is 13.6 Å². The van der Waals surface area contributed by atoms with E-state index in [9.17, 15) is 13.6 Å². The number of nitrogens with one attached hydrogen (secondary N) is 1. The fourth-order valence-corrected chi connectivity index (χ4v) is 2.59. The molecule has 20 heavy (non-hydrogen) atoms. The lowest BCUT2D eigenvalue weighted by Gasteiger charge is -2.12. The molecule has 0 atom stereocenters. The second-order valence-electron chi connectivity index (χ2n) is 4.44. The third kappa shape index (κ3) is 2.14. The van der Waals surface area contributed by atoms with Gasteiger partial charge in [0.05, 0.1) is 12.1 Å². The van der Waals surface area contributed by atoms with Gasteiger partial charge in [0.25, 0.3) is 6.43 Å². The van der Waals surface area contributed by atoms with Gasteiger partial charge in [0.2, 0.25) is 5.91 Å². The molecule has 6 heteroatoms. The molecule has 0 saturated carbocycles. The number of anilines is 1. The Balaban J connectivity index is 2.29. The van der Waals surface area contributed by atoms with Gasteiger partial charge in [0, 0.05) is 5.56 Å². The lowest BCUT2D eigenvalue weighted by molar-refractivity contribution is -0.115. The second kappa shape index (κ2) is 4.83. The number of nitrogens with zero attached hydrogens (tertiary/aromatic N) is 1. The number of carbonyl (C=O) groups is 1. The Bertz CT molecular complexity index is 704. The molecule has 3 nitrogen and oxygen atoms in total. The molecule has 1 aliphatic rings. The van der Waals surface area contributed by atoms with E-state index >= 15 is 0 Å². The summed E-state index contributed by atoms with van der Waals surface area (Å²) in [5.41, 5.74) is 1.83. The number of pyridine rings is 1. The summed E-state index contributed by atoms with van der Waals surface area (Å²) in [6.45, 7) is 0. The van der Waals surface area contributed by atoms with Crippen molar-refractivity contribution in [1.29, 1.82) is 0 Å². The number of alkyl halides is 2. The SMILES string of the molecule is O=C1Cc2ccccc2-c2c(cc(C(F)F)nc2Cl)N1. The van der Waals surface area contributed by atoms with Gasteiger partial charge >= 0.3 is 0 Å². The van der Waals surface area contributed by atoms with Crippen molar-refractivity contribution in [2.24, 2.45) is 0 Å². The van der Waals surface area contributed by atoms with Crippen molar-refractivity contribution in [3.05, 3.63) is 46.7 Å². The van der Waals surface area contributed by atoms with E-state index < -0.39 is 12.1 Å². The summed E-state index contributed by atoms with van der Waals surface area (Å²) in [6, 6.07) is 8.39. The van der Waals surface area contributed by atoms with Crippen molar-refractivity contribution in [1.82, 2.24) is 4.98 Å². The maximum atomic E-state index is 12.8. The first-order valence-corrected chi connectivity index (χ1v) is 6.31. The minimum Gasteiger partial charge on any atom is -0.325 e. The summed E-state index contributed by atoms with van der Waals surface area (Å²) in [7, 11) is 0. The van der Waals surface area contributed by atoms with E-state index in [2.05, 4.69) is 10.3 Å². The Labute approximate surface area is 118 Å². The van der Waals surface area contributed by atoms with Gasteiger partial charge in [-0.3, -0.25) is 4.79 Å². The van der Waals surface area contributed by atoms with E-state index in [4.69, 9.17) is 11.6 Å². The molecule has 0 fully saturated rings. The molecule has 1 amide bonds. The molecule has 0 aliphatic carbocycles. The Morgan fingerprint density at radius 2 is 2.05 bits per heavy atom. The van der Waals surface area contributed by atoms with Gasteiger partial charge in [-0.2, -0.15) is 0 Å². The first-order chi connectivity index (χ1) is 9.56. The fraction of sp³-hybridized carbons (Fsp3) is 0.143. The lowest BCUT2D eigenvalue weighted by Crippen LogP contribution is -2.13. The maximum absolute atomic E-state index is 12.8. The van der Waals surface area contributed by atoms with Crippen molar-refractivity contribution in [2.45, 2.75) is 12.8 Å². The van der Waals surface area contributed by atoms with Gasteiger partial charge in [-0.1, -0.05) is 35.9 Å². The third-order valence-corrected chi connectivity index (χ3v) is 3.40. The van der Waals surface area contributed by atoms with Crippen LogP contribution in [0.25, 0.3) is 11.1 Å². The monoisotopic (exact) mass is 294 g/mol. The van der Waals surface area contributed by atoms with Crippen LogP contribution in [0.15, 0.2) is 30.3 Å². The highest BCUT2D eigenvalue weighted by molar-refractivity contribution is 6.33. The molecule has 3 rings (SSSR count). The van der Waals surface area contributed by atoms with Crippen LogP contribution in [0.1, 0.15) is 17.7 Å². The number of aromatic nitrogens is 1. The number of rotatable bonds is 1. The Morgan fingerprint density at radius 1 is 1.30 bits per heavy atom. The van der Waals surface area contributed by atoms with E-state index in [1.54, 1.807) is 18.2 Å². The molecule has 0 spiro atoms. The molecule has 0 bridgehead atoms. The number of halogens is 3. The van der Waals surface area contributed by atoms with Crippen LogP contribution < -0.4 is 5.32 Å². The number of benzene rings is 1. The number of fused-ring (bicyclic) bond motifs is 3. The van der Waals surface area contributed by atoms with Gasteiger partial charge in [0.1, 0.15) is 10.8 Å². The van der Waals surface area contributed by atoms with Crippen LogP contribution in [0, 0.1) is 0 Å². The van der Waals surface area contributed by atoms with E-state index in [0.29, 0.717) is 5.56 Å². The van der Waals surface area contributed by atoms with Crippen LogP contribution in [0.3, 0.4) is 0 Å². The average Bonchev–Trinajstić information content (AvgIpc) is 2.53. The second-order valence-corrected chi connectivity index (χ2v) is 4.80. The maximum Gasteiger partial charge on any atom is 0.280 e. The molecule has 1 aromatic heterocycles. The zero-order valence-electron chi connectivity index (χ0n) is 10.2. The van der Waals surface area contributed by atoms with Gasteiger partial charge in [0.15, 0.2) is 0 Å². The molecular formula is C14H9ClF2N2O. The number of hydrogen-bond donors (Lipinski definition) is 1. The highest BCUT2D eigenvalue weighted by Crippen LogP contribution is 2.39. The average molecular weight is 295 g/mol. The minimum absolute atomic E-state index is 0.0348. The quantitative estimate of drug-likeness (QED) is 0.812. The summed E-state index contributed by atoms with van der Waals surface area (Å²) in [5, 5.41) is 2.57. The normalized spacial score (nSPS) is 13.5. The van der Waals surface area contributed by atoms with Crippen LogP contribution in [0.2, 0.25) is 5.15 Å². The molecule has 1 N–H and O–H groups in total. The lowest BCUT2D eigenvalue weighted by atomic mass is 9.99. The van der Waals surface area contributed by atoms with Crippen molar-refractivity contribution >= 4 is 23.2 Å². The third-order valence-electron chi connectivity index (χ3n) is 3.13. The number of amides is 1. The van der Waals surface area contributed by atoms with Gasteiger partial charge in [-0.15, -0.1) is 0 Å². The highest BCUT2D eigenvalue weighted by atomic mass is 35.5. The van der Waals surface area contributed by atoms with Crippen LogP contribution in [-0.4, -0.2) is 10.9 Å². The summed E-state index contributed by atoms with van der Waals surface area (Å²) in [6.07, 6.45) is -2.57. The predicted molar refractivity (Wildman–Crippen MR) is 72.0 cm³/mol. The Morgan fingerprint density at radius 3 is 2.80 bits per heavy atom. The standard InChI is InChI=1S/C14H9ClF2N2O/c15-13-12-8-4-2-1-3-7(8)5-11(20)18-9(12)6-10(19-13)14(16)17/h1-4,6,14H,5H2,(H,18,20). The highest BCUT2D eigenvalue weighted by Gasteiger charge is 2.24. The predicted octanol–water partition coefficient (Wildman–Crippen LogP) is 3.83. The number of hydrogen-bond acceptors (Lipinski definition) is 2. The van der Waals surface area contributed by atoms with E-state index in [1.807, 2.05) is 6.07 Å². The van der Waals surface area contributed by atoms with Crippen LogP contribution in [0.5, 0.6) is 0 Å². The zero-order valence-corrected chi connectivity index (χ0v) is 10.9. The first kappa shape index (κ1) is 13.0. The number of carbonyl (C=O) groups excluding carboxylic acids is 1. The first-order valence-electron chi connectivity index (χ1n) is 5.93. The van der Waals surface area contributed by atoms with Gasteiger partial charge in [-0.05, 0) is 17.2 Å². The molecule has 2 aromatic rings. The molecule has 1 aliphatic heterocycles. The summed E-state index contributed by atoms with van der Waals surface area (Å²) in [5.74, 6) is -0.265. The minimum atomic E-state index is -2.74. The van der Waals surface area contributed by atoms with E-state index in [0.717, 1.165) is 11.1 Å². The smallest absolute Gasteiger partial charge is 0.280 e. The van der Waals surface area contributed by atoms with Crippen molar-refractivity contribution in [3.63, 3.8) is 0 Å². The molecule has 0 unspecified atom stereocenters. The summed E-state index contributed by atoms with van der Waals surface area (Å²) >= 11 is 6.04. The van der Waals surface area contributed by atoms with E-state index in [1.165, 1.54) is 6.07 Å². The van der Waals surface area contributed by atoms with Crippen molar-refractivity contribution in [2.75, 3.05) is 5.32 Å². The van der Waals surface area contributed by atoms with Crippen molar-refractivity contribution in [3.8, 4) is 11.1 Å². The van der Waals surface area contributed by atoms with E-state index in [-0.39, 0.29) is 23.2 Å². The molecule has 102 valence electrons. The van der Waals surface area contributed by atoms with Gasteiger partial charge < -0.3 is 5.32 Å². The fourth-order valence-electron chi connectivity index (χ4n) is 2.29. The molecular weight excluding hydrogens is 286 g/mol. The topological polar surface area (TPSA) is 42.0 Å². The molecule has 0 saturated heterocycles.